The molecule has 0 heterocycles. The summed E-state index contributed by atoms with van der Waals surface area (Å²) in [6.45, 7) is 2.26. The van der Waals surface area contributed by atoms with Crippen LogP contribution in [0.4, 0.5) is 0 Å². The van der Waals surface area contributed by atoms with Crippen molar-refractivity contribution in [3.05, 3.63) is 11.0 Å². The van der Waals surface area contributed by atoms with Crippen molar-refractivity contribution in [2.24, 2.45) is 5.92 Å². The molecule has 6 heteroatoms. The van der Waals surface area contributed by atoms with E-state index in [9.17, 15) is 18.0 Å². The Balaban J connectivity index is 1.94. The van der Waals surface area contributed by atoms with Crippen molar-refractivity contribution in [3.63, 3.8) is 0 Å². The lowest BCUT2D eigenvalue weighted by atomic mass is 9.87. The van der Waals surface area contributed by atoms with Crippen molar-refractivity contribution >= 4 is 21.7 Å². The third-order valence-electron chi connectivity index (χ3n) is 6.07. The molecule has 0 aromatic carbocycles. The highest BCUT2D eigenvalue weighted by molar-refractivity contribution is 7.90. The molecule has 30 heavy (non-hydrogen) atoms. The van der Waals surface area contributed by atoms with Crippen LogP contribution in [0.3, 0.4) is 0 Å². The Kier molecular flexibility index (Phi) is 14.2. The van der Waals surface area contributed by atoms with Crippen LogP contribution in [-0.4, -0.2) is 24.5 Å². The highest BCUT2D eigenvalue weighted by Gasteiger charge is 2.33. The molecule has 0 aromatic rings. The monoisotopic (exact) mass is 442 g/mol. The molecular weight excluding hydrogens is 400 g/mol. The Hall–Kier alpha value is -1.01. The first-order valence-corrected chi connectivity index (χ1v) is 13.6. The molecule has 0 saturated heterocycles. The van der Waals surface area contributed by atoms with Crippen LogP contribution in [0.1, 0.15) is 122 Å². The van der Waals surface area contributed by atoms with Gasteiger partial charge in [0, 0.05) is 18.4 Å². The maximum Gasteiger partial charge on any atom is 0.298 e. The molecule has 174 valence electrons. The van der Waals surface area contributed by atoms with Gasteiger partial charge in [0.15, 0.2) is 11.6 Å². The largest absolute Gasteiger partial charge is 0.298 e. The first-order chi connectivity index (χ1) is 14.4. The normalized spacial score (nSPS) is 17.4. The van der Waals surface area contributed by atoms with E-state index >= 15 is 0 Å². The zero-order valence-electron chi connectivity index (χ0n) is 18.9. The Labute approximate surface area is 183 Å². The van der Waals surface area contributed by atoms with Gasteiger partial charge in [0.2, 0.25) is 0 Å². The lowest BCUT2D eigenvalue weighted by Crippen LogP contribution is -2.27. The minimum absolute atomic E-state index is 0.108. The van der Waals surface area contributed by atoms with Gasteiger partial charge >= 0.3 is 0 Å². The van der Waals surface area contributed by atoms with Crippen molar-refractivity contribution in [1.82, 2.24) is 0 Å². The smallest absolute Gasteiger partial charge is 0.294 e. The van der Waals surface area contributed by atoms with Crippen LogP contribution in [0.5, 0.6) is 0 Å². The van der Waals surface area contributed by atoms with Gasteiger partial charge < -0.3 is 0 Å². The van der Waals surface area contributed by atoms with E-state index in [-0.39, 0.29) is 12.2 Å². The summed E-state index contributed by atoms with van der Waals surface area (Å²) in [5, 5.41) is 0. The van der Waals surface area contributed by atoms with Crippen LogP contribution in [0.25, 0.3) is 0 Å². The van der Waals surface area contributed by atoms with E-state index in [2.05, 4.69) is 6.92 Å². The first-order valence-electron chi connectivity index (χ1n) is 12.1. The highest BCUT2D eigenvalue weighted by Crippen LogP contribution is 2.25. The SMILES string of the molecule is CCCCCCCCCCCCCCCCCCC1CC(=O)C(S(=O)(=O)O)=CC1=O. The third kappa shape index (κ3) is 12.0. The Bertz CT molecular complexity index is 636. The van der Waals surface area contributed by atoms with E-state index in [1.165, 1.54) is 83.5 Å². The third-order valence-corrected chi connectivity index (χ3v) is 6.97. The summed E-state index contributed by atoms with van der Waals surface area (Å²) in [5.41, 5.74) is 0. The second kappa shape index (κ2) is 15.7. The average Bonchev–Trinajstić information content (AvgIpc) is 2.69. The van der Waals surface area contributed by atoms with Gasteiger partial charge in [-0.2, -0.15) is 8.42 Å². The molecule has 1 rings (SSSR count). The van der Waals surface area contributed by atoms with Gasteiger partial charge in [-0.05, 0) is 6.42 Å². The van der Waals surface area contributed by atoms with Crippen LogP contribution in [0, 0.1) is 5.92 Å². The lowest BCUT2D eigenvalue weighted by Gasteiger charge is -2.18. The molecule has 1 atom stereocenters. The van der Waals surface area contributed by atoms with Crippen molar-refractivity contribution in [3.8, 4) is 0 Å². The van der Waals surface area contributed by atoms with Gasteiger partial charge in [0.1, 0.15) is 4.91 Å². The Morgan fingerprint density at radius 1 is 0.767 bits per heavy atom. The number of rotatable bonds is 18. The average molecular weight is 443 g/mol. The first kappa shape index (κ1) is 27.0. The molecule has 0 fully saturated rings. The van der Waals surface area contributed by atoms with Gasteiger partial charge in [-0.3, -0.25) is 14.1 Å². The number of ketones is 2. The standard InChI is InChI=1S/C24H42O5S/c1-2-3-4-5-6-7-8-9-10-11-12-13-14-15-16-17-18-21-19-23(26)24(20-22(21)25)30(27,28)29/h20-21H,2-19H2,1H3,(H,27,28,29). The van der Waals surface area contributed by atoms with Gasteiger partial charge in [0.05, 0.1) is 0 Å². The van der Waals surface area contributed by atoms with Crippen molar-refractivity contribution < 1.29 is 22.6 Å². The maximum atomic E-state index is 12.0. The minimum Gasteiger partial charge on any atom is -0.294 e. The second-order valence-corrected chi connectivity index (χ2v) is 10.2. The van der Waals surface area contributed by atoms with Crippen LogP contribution >= 0.6 is 0 Å². The van der Waals surface area contributed by atoms with Crippen LogP contribution in [0.2, 0.25) is 0 Å². The fourth-order valence-corrected chi connectivity index (χ4v) is 4.79. The van der Waals surface area contributed by atoms with Gasteiger partial charge in [0.25, 0.3) is 10.1 Å². The lowest BCUT2D eigenvalue weighted by molar-refractivity contribution is -0.125. The molecule has 0 bridgehead atoms. The zero-order chi connectivity index (χ0) is 22.2. The van der Waals surface area contributed by atoms with Gasteiger partial charge in [-0.1, -0.05) is 110 Å². The van der Waals surface area contributed by atoms with Crippen molar-refractivity contribution in [1.29, 1.82) is 0 Å². The summed E-state index contributed by atoms with van der Waals surface area (Å²) in [5.74, 6) is -1.45. The molecule has 0 amide bonds. The number of hydrogen-bond donors (Lipinski definition) is 1. The molecule has 0 saturated carbocycles. The van der Waals surface area contributed by atoms with Crippen LogP contribution in [-0.2, 0) is 19.7 Å². The van der Waals surface area contributed by atoms with E-state index in [1.807, 2.05) is 0 Å². The fourth-order valence-electron chi connectivity index (χ4n) is 4.15. The van der Waals surface area contributed by atoms with Gasteiger partial charge in [-0.25, -0.2) is 0 Å². The number of hydrogen-bond acceptors (Lipinski definition) is 4. The van der Waals surface area contributed by atoms with E-state index in [4.69, 9.17) is 4.55 Å². The number of carbonyl (C=O) groups is 2. The molecule has 1 aliphatic rings. The fraction of sp³-hybridized carbons (Fsp3) is 0.833. The highest BCUT2D eigenvalue weighted by atomic mass is 32.2. The van der Waals surface area contributed by atoms with E-state index in [0.717, 1.165) is 25.3 Å². The number of Topliss-reactive ketones (excluding diaryl/α,β-unsaturated/α-hetero) is 1. The van der Waals surface area contributed by atoms with E-state index in [1.54, 1.807) is 0 Å². The van der Waals surface area contributed by atoms with Crippen LogP contribution in [0.15, 0.2) is 11.0 Å². The Morgan fingerprint density at radius 3 is 1.57 bits per heavy atom. The summed E-state index contributed by atoms with van der Waals surface area (Å²) in [6, 6.07) is 0. The second-order valence-electron chi connectivity index (χ2n) is 8.80. The summed E-state index contributed by atoms with van der Waals surface area (Å²) in [6.07, 6.45) is 21.9. The molecule has 1 aliphatic carbocycles. The number of unbranched alkanes of at least 4 members (excludes halogenated alkanes) is 15. The van der Waals surface area contributed by atoms with E-state index < -0.39 is 26.7 Å². The molecule has 0 radical (unpaired) electrons. The molecule has 1 N–H and O–H groups in total. The van der Waals surface area contributed by atoms with Gasteiger partial charge in [-0.15, -0.1) is 0 Å². The topological polar surface area (TPSA) is 88.5 Å². The molecule has 5 nitrogen and oxygen atoms in total. The molecule has 0 aromatic heterocycles. The quantitative estimate of drug-likeness (QED) is 0.192. The Morgan fingerprint density at radius 2 is 1.17 bits per heavy atom. The summed E-state index contributed by atoms with van der Waals surface area (Å²) >= 11 is 0. The molecule has 1 unspecified atom stereocenters. The summed E-state index contributed by atoms with van der Waals surface area (Å²) in [7, 11) is -4.59. The molecular formula is C24H42O5S. The predicted octanol–water partition coefficient (Wildman–Crippen LogP) is 6.57. The van der Waals surface area contributed by atoms with Crippen molar-refractivity contribution in [2.45, 2.75) is 122 Å². The van der Waals surface area contributed by atoms with Crippen molar-refractivity contribution in [2.75, 3.05) is 0 Å². The number of carbonyl (C=O) groups excluding carboxylic acids is 2. The summed E-state index contributed by atoms with van der Waals surface area (Å²) < 4.78 is 31.1. The maximum absolute atomic E-state index is 12.0. The predicted molar refractivity (Wildman–Crippen MR) is 122 cm³/mol. The molecule has 0 aliphatic heterocycles. The zero-order valence-corrected chi connectivity index (χ0v) is 19.7. The number of allylic oxidation sites excluding steroid dienone is 2. The minimum atomic E-state index is -4.59. The van der Waals surface area contributed by atoms with E-state index in [0.29, 0.717) is 6.42 Å². The van der Waals surface area contributed by atoms with Crippen LogP contribution < -0.4 is 0 Å². The summed E-state index contributed by atoms with van der Waals surface area (Å²) in [4.78, 5) is 23.0. The molecule has 0 spiro atoms.